The Balaban J connectivity index is 3.20. The Labute approximate surface area is 87.1 Å². The number of aromatic nitrogens is 1. The Bertz CT molecular complexity index is 320. The average molecular weight is 300 g/mol. The molecular formula is C7H7F2IN2O. The van der Waals surface area contributed by atoms with Gasteiger partial charge >= 0.3 is 0 Å². The molecule has 3 nitrogen and oxygen atoms in total. The number of nitrogen functional groups attached to an aromatic ring is 1. The van der Waals surface area contributed by atoms with E-state index in [9.17, 15) is 8.78 Å². The molecule has 6 heteroatoms. The summed E-state index contributed by atoms with van der Waals surface area (Å²) in [5, 5.41) is 8.76. The Hall–Kier alpha value is -0.500. The van der Waals surface area contributed by atoms with Gasteiger partial charge in [0.15, 0.2) is 0 Å². The summed E-state index contributed by atoms with van der Waals surface area (Å²) in [6.07, 6.45) is -2.63. The number of pyridine rings is 1. The van der Waals surface area contributed by atoms with Crippen molar-refractivity contribution in [2.75, 3.05) is 5.73 Å². The molecule has 13 heavy (non-hydrogen) atoms. The maximum atomic E-state index is 12.3. The van der Waals surface area contributed by atoms with E-state index in [-0.39, 0.29) is 18.0 Å². The Morgan fingerprint density at radius 1 is 1.62 bits per heavy atom. The highest BCUT2D eigenvalue weighted by Gasteiger charge is 2.14. The molecule has 0 aromatic carbocycles. The van der Waals surface area contributed by atoms with E-state index in [1.807, 2.05) is 22.6 Å². The Morgan fingerprint density at radius 3 is 2.69 bits per heavy atom. The number of nitrogens with two attached hydrogens (primary N) is 1. The number of nitrogens with zero attached hydrogens (tertiary/aromatic N) is 1. The van der Waals surface area contributed by atoms with Crippen LogP contribution in [0, 0.1) is 3.57 Å². The van der Waals surface area contributed by atoms with Gasteiger partial charge in [-0.05, 0) is 28.7 Å². The number of alkyl halides is 2. The van der Waals surface area contributed by atoms with Gasteiger partial charge in [0.25, 0.3) is 6.43 Å². The molecule has 0 amide bonds. The van der Waals surface area contributed by atoms with E-state index in [1.54, 1.807) is 0 Å². The van der Waals surface area contributed by atoms with E-state index in [1.165, 1.54) is 6.07 Å². The minimum atomic E-state index is -2.63. The predicted molar refractivity (Wildman–Crippen MR) is 52.2 cm³/mol. The smallest absolute Gasteiger partial charge is 0.267 e. The summed E-state index contributed by atoms with van der Waals surface area (Å²) < 4.78 is 25.0. The van der Waals surface area contributed by atoms with Crippen molar-refractivity contribution in [2.45, 2.75) is 13.0 Å². The van der Waals surface area contributed by atoms with Crippen molar-refractivity contribution in [1.82, 2.24) is 4.98 Å². The molecule has 0 aliphatic rings. The van der Waals surface area contributed by atoms with Gasteiger partial charge in [0.05, 0.1) is 17.9 Å². The van der Waals surface area contributed by atoms with Crippen LogP contribution in [0.5, 0.6) is 0 Å². The second-order valence-electron chi connectivity index (χ2n) is 2.35. The molecule has 1 rings (SSSR count). The van der Waals surface area contributed by atoms with E-state index in [0.29, 0.717) is 9.26 Å². The highest BCUT2D eigenvalue weighted by molar-refractivity contribution is 14.1. The lowest BCUT2D eigenvalue weighted by molar-refractivity contribution is 0.151. The van der Waals surface area contributed by atoms with Gasteiger partial charge in [-0.1, -0.05) is 0 Å². The SMILES string of the molecule is Nc1nc(CO)c(I)cc1C(F)F. The molecule has 0 saturated carbocycles. The topological polar surface area (TPSA) is 59.1 Å². The summed E-state index contributed by atoms with van der Waals surface area (Å²) in [5.41, 5.74) is 5.29. The highest BCUT2D eigenvalue weighted by atomic mass is 127. The molecule has 0 aliphatic carbocycles. The van der Waals surface area contributed by atoms with Crippen molar-refractivity contribution >= 4 is 28.4 Å². The molecule has 0 unspecified atom stereocenters. The largest absolute Gasteiger partial charge is 0.390 e. The summed E-state index contributed by atoms with van der Waals surface area (Å²) in [5.74, 6) is -0.223. The van der Waals surface area contributed by atoms with E-state index in [2.05, 4.69) is 4.98 Å². The van der Waals surface area contributed by atoms with E-state index in [0.717, 1.165) is 0 Å². The minimum absolute atomic E-state index is 0.223. The van der Waals surface area contributed by atoms with Gasteiger partial charge in [-0.2, -0.15) is 0 Å². The molecule has 1 aromatic heterocycles. The quantitative estimate of drug-likeness (QED) is 0.817. The first-order chi connectivity index (χ1) is 6.06. The maximum absolute atomic E-state index is 12.3. The summed E-state index contributed by atoms with van der Waals surface area (Å²) in [6, 6.07) is 1.24. The summed E-state index contributed by atoms with van der Waals surface area (Å²) in [4.78, 5) is 3.65. The second-order valence-corrected chi connectivity index (χ2v) is 3.51. The maximum Gasteiger partial charge on any atom is 0.267 e. The fourth-order valence-corrected chi connectivity index (χ4v) is 1.47. The average Bonchev–Trinajstić information content (AvgIpc) is 2.07. The standard InChI is InChI=1S/C7H7F2IN2O/c8-6(9)3-1-4(10)5(2-13)12-7(3)11/h1,6,13H,2H2,(H2,11,12). The van der Waals surface area contributed by atoms with Gasteiger partial charge in [-0.15, -0.1) is 0 Å². The van der Waals surface area contributed by atoms with Crippen LogP contribution in [0.4, 0.5) is 14.6 Å². The first kappa shape index (κ1) is 10.6. The number of hydrogen-bond acceptors (Lipinski definition) is 3. The summed E-state index contributed by atoms with van der Waals surface area (Å²) in [7, 11) is 0. The van der Waals surface area contributed by atoms with Gasteiger partial charge in [-0.25, -0.2) is 13.8 Å². The van der Waals surface area contributed by atoms with Crippen LogP contribution >= 0.6 is 22.6 Å². The van der Waals surface area contributed by atoms with E-state index in [4.69, 9.17) is 10.8 Å². The van der Waals surface area contributed by atoms with E-state index >= 15 is 0 Å². The zero-order valence-electron chi connectivity index (χ0n) is 6.47. The van der Waals surface area contributed by atoms with Gasteiger partial charge in [0.1, 0.15) is 5.82 Å². The molecular weight excluding hydrogens is 293 g/mol. The highest BCUT2D eigenvalue weighted by Crippen LogP contribution is 2.26. The van der Waals surface area contributed by atoms with Crippen LogP contribution in [0.3, 0.4) is 0 Å². The van der Waals surface area contributed by atoms with Gasteiger partial charge in [0, 0.05) is 3.57 Å². The number of aliphatic hydroxyl groups excluding tert-OH is 1. The molecule has 3 N–H and O–H groups in total. The Kier molecular flexibility index (Phi) is 3.37. The van der Waals surface area contributed by atoms with Crippen LogP contribution in [-0.2, 0) is 6.61 Å². The van der Waals surface area contributed by atoms with Gasteiger partial charge < -0.3 is 10.8 Å². The molecule has 0 atom stereocenters. The number of halogens is 3. The molecule has 0 aliphatic heterocycles. The lowest BCUT2D eigenvalue weighted by Crippen LogP contribution is -2.04. The monoisotopic (exact) mass is 300 g/mol. The van der Waals surface area contributed by atoms with Crippen molar-refractivity contribution in [3.63, 3.8) is 0 Å². The van der Waals surface area contributed by atoms with E-state index < -0.39 is 6.43 Å². The normalized spacial score (nSPS) is 10.8. The molecule has 72 valence electrons. The number of anilines is 1. The van der Waals surface area contributed by atoms with Gasteiger partial charge in [-0.3, -0.25) is 0 Å². The minimum Gasteiger partial charge on any atom is -0.390 e. The second kappa shape index (κ2) is 4.14. The zero-order valence-corrected chi connectivity index (χ0v) is 8.62. The van der Waals surface area contributed by atoms with Crippen LogP contribution in [0.25, 0.3) is 0 Å². The van der Waals surface area contributed by atoms with Crippen LogP contribution < -0.4 is 5.73 Å². The fraction of sp³-hybridized carbons (Fsp3) is 0.286. The van der Waals surface area contributed by atoms with Crippen molar-refractivity contribution < 1.29 is 13.9 Å². The molecule has 0 radical (unpaired) electrons. The van der Waals surface area contributed by atoms with Crippen molar-refractivity contribution in [3.05, 3.63) is 20.9 Å². The van der Waals surface area contributed by atoms with Crippen LogP contribution in [-0.4, -0.2) is 10.1 Å². The molecule has 1 aromatic rings. The molecule has 1 heterocycles. The molecule has 0 fully saturated rings. The summed E-state index contributed by atoms with van der Waals surface area (Å²) >= 11 is 1.82. The summed E-state index contributed by atoms with van der Waals surface area (Å²) in [6.45, 7) is -0.300. The first-order valence-electron chi connectivity index (χ1n) is 3.40. The predicted octanol–water partition coefficient (Wildman–Crippen LogP) is 1.70. The zero-order chi connectivity index (χ0) is 10.0. The molecule has 0 spiro atoms. The molecule has 0 saturated heterocycles. The Morgan fingerprint density at radius 2 is 2.23 bits per heavy atom. The third kappa shape index (κ3) is 2.25. The number of hydrogen-bond donors (Lipinski definition) is 2. The lowest BCUT2D eigenvalue weighted by atomic mass is 10.2. The van der Waals surface area contributed by atoms with Crippen LogP contribution in [0.15, 0.2) is 6.07 Å². The fourth-order valence-electron chi connectivity index (χ4n) is 0.843. The van der Waals surface area contributed by atoms with Crippen molar-refractivity contribution in [3.8, 4) is 0 Å². The van der Waals surface area contributed by atoms with Crippen LogP contribution in [0.1, 0.15) is 17.7 Å². The van der Waals surface area contributed by atoms with Crippen molar-refractivity contribution in [1.29, 1.82) is 0 Å². The third-order valence-electron chi connectivity index (χ3n) is 1.49. The molecule has 0 bridgehead atoms. The first-order valence-corrected chi connectivity index (χ1v) is 4.48. The number of rotatable bonds is 2. The van der Waals surface area contributed by atoms with Crippen LogP contribution in [0.2, 0.25) is 0 Å². The lowest BCUT2D eigenvalue weighted by Gasteiger charge is -2.07. The van der Waals surface area contributed by atoms with Gasteiger partial charge in [0.2, 0.25) is 0 Å². The van der Waals surface area contributed by atoms with Crippen molar-refractivity contribution in [2.24, 2.45) is 0 Å². The number of aliphatic hydroxyl groups is 1. The third-order valence-corrected chi connectivity index (χ3v) is 2.43.